The van der Waals surface area contributed by atoms with E-state index >= 15 is 0 Å². The third-order valence-corrected chi connectivity index (χ3v) is 3.65. The van der Waals surface area contributed by atoms with Crippen LogP contribution in [0.15, 0.2) is 42.5 Å². The molecule has 0 spiro atoms. The van der Waals surface area contributed by atoms with Crippen LogP contribution in [0, 0.1) is 29.9 Å². The van der Waals surface area contributed by atoms with Gasteiger partial charge >= 0.3 is 5.97 Å². The van der Waals surface area contributed by atoms with Gasteiger partial charge in [0.25, 0.3) is 0 Å². The lowest BCUT2D eigenvalue weighted by atomic mass is 10.1. The number of rotatable bonds is 3. The Morgan fingerprint density at radius 1 is 1.11 bits per heavy atom. The Hall–Kier alpha value is -3.53. The Morgan fingerprint density at radius 2 is 1.81 bits per heavy atom. The fourth-order valence-electron chi connectivity index (χ4n) is 2.42. The number of benzene rings is 2. The number of aryl methyl sites for hydroxylation is 1. The molecule has 3 aromatic rings. The number of carbonyl (C=O) groups is 1. The molecule has 0 aliphatic heterocycles. The molecular weight excluding hydrogens is 352 g/mol. The van der Waals surface area contributed by atoms with Crippen molar-refractivity contribution in [1.29, 1.82) is 5.26 Å². The molecule has 0 atom stereocenters. The molecule has 5 nitrogen and oxygen atoms in total. The molecule has 0 aliphatic rings. The van der Waals surface area contributed by atoms with Gasteiger partial charge in [-0.1, -0.05) is 26.0 Å². The normalized spacial score (nSPS) is 9.93. The summed E-state index contributed by atoms with van der Waals surface area (Å²) in [6.45, 7) is 5.72. The number of carboxylic acids is 1. The zero-order chi connectivity index (χ0) is 20.1. The molecule has 138 valence electrons. The average molecular weight is 369 g/mol. The van der Waals surface area contributed by atoms with Crippen molar-refractivity contribution < 1.29 is 18.7 Å². The second-order valence-electron chi connectivity index (χ2n) is 5.39. The summed E-state index contributed by atoms with van der Waals surface area (Å²) in [4.78, 5) is 11.2. The predicted octanol–water partition coefficient (Wildman–Crippen LogP) is 4.72. The largest absolute Gasteiger partial charge is 0.476 e. The summed E-state index contributed by atoms with van der Waals surface area (Å²) >= 11 is 0. The van der Waals surface area contributed by atoms with Crippen LogP contribution < -0.4 is 0 Å². The highest BCUT2D eigenvalue weighted by molar-refractivity contribution is 5.87. The molecule has 1 aromatic heterocycles. The van der Waals surface area contributed by atoms with E-state index in [4.69, 9.17) is 5.26 Å². The quantitative estimate of drug-likeness (QED) is 0.724. The second kappa shape index (κ2) is 8.23. The molecule has 1 heterocycles. The van der Waals surface area contributed by atoms with Crippen molar-refractivity contribution in [3.63, 3.8) is 0 Å². The smallest absolute Gasteiger partial charge is 0.356 e. The van der Waals surface area contributed by atoms with E-state index in [1.54, 1.807) is 19.1 Å². The monoisotopic (exact) mass is 369 g/mol. The molecular formula is C20H17F2N3O2. The van der Waals surface area contributed by atoms with Gasteiger partial charge in [-0.3, -0.25) is 0 Å². The number of carboxylic acid groups (broad SMARTS) is 1. The van der Waals surface area contributed by atoms with E-state index in [0.29, 0.717) is 5.56 Å². The second-order valence-corrected chi connectivity index (χ2v) is 5.39. The minimum absolute atomic E-state index is 0.0397. The zero-order valence-electron chi connectivity index (χ0n) is 15.0. The van der Waals surface area contributed by atoms with Crippen LogP contribution in [0.2, 0.25) is 0 Å². The van der Waals surface area contributed by atoms with Gasteiger partial charge in [0.2, 0.25) is 0 Å². The van der Waals surface area contributed by atoms with Gasteiger partial charge in [0.15, 0.2) is 5.69 Å². The van der Waals surface area contributed by atoms with Gasteiger partial charge in [-0.25, -0.2) is 18.3 Å². The number of aromatic nitrogens is 2. The van der Waals surface area contributed by atoms with Crippen molar-refractivity contribution in [2.75, 3.05) is 0 Å². The van der Waals surface area contributed by atoms with Crippen molar-refractivity contribution in [3.8, 4) is 23.0 Å². The van der Waals surface area contributed by atoms with E-state index < -0.39 is 17.6 Å². The Bertz CT molecular complexity index is 1040. The van der Waals surface area contributed by atoms with Crippen LogP contribution in [0.25, 0.3) is 16.9 Å². The molecule has 0 saturated carbocycles. The SMILES string of the molecule is CC.Cc1ccc(-n2nc(C(=O)O)cc2-c2ccc(C#N)c(F)c2)c(F)c1. The van der Waals surface area contributed by atoms with E-state index in [1.165, 1.54) is 30.3 Å². The number of halogens is 2. The number of hydrogen-bond donors (Lipinski definition) is 1. The van der Waals surface area contributed by atoms with Crippen molar-refractivity contribution in [1.82, 2.24) is 9.78 Å². The van der Waals surface area contributed by atoms with Crippen LogP contribution in [-0.4, -0.2) is 20.9 Å². The Balaban J connectivity index is 0.00000126. The molecule has 0 fully saturated rings. The molecule has 0 unspecified atom stereocenters. The first-order valence-corrected chi connectivity index (χ1v) is 8.20. The maximum absolute atomic E-state index is 14.3. The van der Waals surface area contributed by atoms with Crippen LogP contribution in [-0.2, 0) is 0 Å². The lowest BCUT2D eigenvalue weighted by molar-refractivity contribution is 0.0690. The summed E-state index contributed by atoms with van der Waals surface area (Å²) in [6.07, 6.45) is 0. The van der Waals surface area contributed by atoms with Gasteiger partial charge in [0, 0.05) is 5.56 Å². The van der Waals surface area contributed by atoms with E-state index in [-0.39, 0.29) is 28.2 Å². The standard InChI is InChI=1S/C18H11F2N3O2.C2H6/c1-10-2-5-16(14(20)6-10)23-17(8-15(22-23)18(24)25)11-3-4-12(9-21)13(19)7-11;1-2/h2-8H,1H3,(H,24,25);1-2H3. The Kier molecular flexibility index (Phi) is 6.03. The number of aromatic carboxylic acids is 1. The van der Waals surface area contributed by atoms with Gasteiger partial charge in [-0.15, -0.1) is 0 Å². The fraction of sp³-hybridized carbons (Fsp3) is 0.150. The average Bonchev–Trinajstić information content (AvgIpc) is 3.08. The summed E-state index contributed by atoms with van der Waals surface area (Å²) in [7, 11) is 0. The summed E-state index contributed by atoms with van der Waals surface area (Å²) in [5.41, 5.74) is 0.755. The minimum atomic E-state index is -1.29. The van der Waals surface area contributed by atoms with Crippen molar-refractivity contribution in [2.24, 2.45) is 0 Å². The van der Waals surface area contributed by atoms with Gasteiger partial charge in [-0.05, 0) is 42.8 Å². The fourth-order valence-corrected chi connectivity index (χ4v) is 2.42. The number of hydrogen-bond acceptors (Lipinski definition) is 3. The van der Waals surface area contributed by atoms with E-state index in [0.717, 1.165) is 10.7 Å². The van der Waals surface area contributed by atoms with E-state index in [9.17, 15) is 18.7 Å². The maximum atomic E-state index is 14.3. The number of nitriles is 1. The first kappa shape index (κ1) is 19.8. The topological polar surface area (TPSA) is 78.9 Å². The molecule has 27 heavy (non-hydrogen) atoms. The molecule has 0 saturated heterocycles. The highest BCUT2D eigenvalue weighted by Crippen LogP contribution is 2.27. The molecule has 0 amide bonds. The van der Waals surface area contributed by atoms with Crippen LogP contribution in [0.1, 0.15) is 35.5 Å². The van der Waals surface area contributed by atoms with Crippen LogP contribution in [0.4, 0.5) is 8.78 Å². The summed E-state index contributed by atoms with van der Waals surface area (Å²) in [5.74, 6) is -2.63. The summed E-state index contributed by atoms with van der Waals surface area (Å²) < 4.78 is 29.4. The highest BCUT2D eigenvalue weighted by Gasteiger charge is 2.19. The van der Waals surface area contributed by atoms with Gasteiger partial charge in [-0.2, -0.15) is 10.4 Å². The number of nitrogens with zero attached hydrogens (tertiary/aromatic N) is 3. The molecule has 0 bridgehead atoms. The summed E-state index contributed by atoms with van der Waals surface area (Å²) in [5, 5.41) is 21.9. The van der Waals surface area contributed by atoms with E-state index in [2.05, 4.69) is 5.10 Å². The first-order chi connectivity index (χ1) is 12.9. The summed E-state index contributed by atoms with van der Waals surface area (Å²) in [6, 6.07) is 11.2. The van der Waals surface area contributed by atoms with Gasteiger partial charge in [0.05, 0.1) is 11.3 Å². The minimum Gasteiger partial charge on any atom is -0.476 e. The van der Waals surface area contributed by atoms with E-state index in [1.807, 2.05) is 13.8 Å². The van der Waals surface area contributed by atoms with Crippen molar-refractivity contribution >= 4 is 5.97 Å². The maximum Gasteiger partial charge on any atom is 0.356 e. The predicted molar refractivity (Wildman–Crippen MR) is 96.7 cm³/mol. The molecule has 7 heteroatoms. The Morgan fingerprint density at radius 3 is 2.37 bits per heavy atom. The third-order valence-electron chi connectivity index (χ3n) is 3.65. The van der Waals surface area contributed by atoms with Crippen LogP contribution in [0.3, 0.4) is 0 Å². The van der Waals surface area contributed by atoms with Crippen LogP contribution >= 0.6 is 0 Å². The molecule has 3 rings (SSSR count). The van der Waals surface area contributed by atoms with Crippen LogP contribution in [0.5, 0.6) is 0 Å². The molecule has 0 radical (unpaired) electrons. The molecule has 2 aromatic carbocycles. The first-order valence-electron chi connectivity index (χ1n) is 8.20. The lowest BCUT2D eigenvalue weighted by Crippen LogP contribution is -2.04. The van der Waals surface area contributed by atoms with Crippen molar-refractivity contribution in [2.45, 2.75) is 20.8 Å². The molecule has 1 N–H and O–H groups in total. The van der Waals surface area contributed by atoms with Gasteiger partial charge in [0.1, 0.15) is 23.4 Å². The third kappa shape index (κ3) is 4.01. The van der Waals surface area contributed by atoms with Gasteiger partial charge < -0.3 is 5.11 Å². The highest BCUT2D eigenvalue weighted by atomic mass is 19.1. The molecule has 0 aliphatic carbocycles. The lowest BCUT2D eigenvalue weighted by Gasteiger charge is -2.09. The van der Waals surface area contributed by atoms with Crippen molar-refractivity contribution in [3.05, 3.63) is 70.9 Å². The zero-order valence-corrected chi connectivity index (χ0v) is 15.0. The Labute approximate surface area is 155 Å².